The van der Waals surface area contributed by atoms with Crippen LogP contribution in [-0.2, 0) is 9.59 Å². The van der Waals surface area contributed by atoms with E-state index in [-0.39, 0.29) is 30.3 Å². The molecule has 1 saturated heterocycles. The first-order valence-electron chi connectivity index (χ1n) is 10.4. The molecule has 2 aromatic carbocycles. The Bertz CT molecular complexity index is 1190. The minimum absolute atomic E-state index is 0.0384. The van der Waals surface area contributed by atoms with Crippen LogP contribution >= 0.6 is 0 Å². The van der Waals surface area contributed by atoms with E-state index in [1.807, 2.05) is 44.2 Å². The zero-order chi connectivity index (χ0) is 21.8. The maximum atomic E-state index is 13.3. The highest BCUT2D eigenvalue weighted by atomic mass is 16.2. The summed E-state index contributed by atoms with van der Waals surface area (Å²) in [6.07, 6.45) is 0.823. The van der Waals surface area contributed by atoms with Crippen molar-refractivity contribution in [3.63, 3.8) is 0 Å². The van der Waals surface area contributed by atoms with Crippen LogP contribution in [0.1, 0.15) is 48.9 Å². The molecule has 8 heteroatoms. The number of H-pyrrole nitrogens is 1. The second kappa shape index (κ2) is 6.94. The number of para-hydroxylation sites is 3. The molecular weight excluding hydrogens is 394 g/mol. The van der Waals surface area contributed by atoms with E-state index in [1.54, 1.807) is 23.1 Å². The number of hydrogen-bond acceptors (Lipinski definition) is 4. The quantitative estimate of drug-likeness (QED) is 0.682. The molecule has 1 aromatic heterocycles. The van der Waals surface area contributed by atoms with Crippen molar-refractivity contribution < 1.29 is 14.4 Å². The molecular formula is C23H23N5O3. The first-order chi connectivity index (χ1) is 14.9. The zero-order valence-corrected chi connectivity index (χ0v) is 17.4. The molecule has 2 N–H and O–H groups in total. The number of anilines is 1. The standard InChI is InChI=1S/C23H23N5O3/c1-14(21-25-16-8-4-5-9-17(16)26-21)24-19(29)13-27-22(31)15-7-3-6-10-18(15)28-20(30)11-12-23(27,28)2/h3-10,14H,11-13H2,1-2H3,(H,24,29)(H,25,26)/t14-,23+/m0/s1. The van der Waals surface area contributed by atoms with Crippen molar-refractivity contribution in [3.8, 4) is 0 Å². The fraction of sp³-hybridized carbons (Fsp3) is 0.304. The molecule has 5 rings (SSSR count). The third kappa shape index (κ3) is 2.98. The molecule has 2 aliphatic heterocycles. The highest BCUT2D eigenvalue weighted by molar-refractivity contribution is 6.11. The summed E-state index contributed by atoms with van der Waals surface area (Å²) in [6.45, 7) is 3.55. The fourth-order valence-electron chi connectivity index (χ4n) is 4.62. The van der Waals surface area contributed by atoms with Gasteiger partial charge in [-0.05, 0) is 44.5 Å². The smallest absolute Gasteiger partial charge is 0.258 e. The van der Waals surface area contributed by atoms with Crippen LogP contribution in [0.2, 0.25) is 0 Å². The van der Waals surface area contributed by atoms with Crippen molar-refractivity contribution in [2.45, 2.75) is 38.4 Å². The first kappa shape index (κ1) is 19.3. The number of amides is 3. The van der Waals surface area contributed by atoms with Gasteiger partial charge in [0.1, 0.15) is 18.0 Å². The summed E-state index contributed by atoms with van der Waals surface area (Å²) in [5, 5.41) is 2.93. The Labute approximate surface area is 179 Å². The highest BCUT2D eigenvalue weighted by Crippen LogP contribution is 2.43. The van der Waals surface area contributed by atoms with Gasteiger partial charge in [0, 0.05) is 6.42 Å². The highest BCUT2D eigenvalue weighted by Gasteiger charge is 2.53. The predicted molar refractivity (Wildman–Crippen MR) is 115 cm³/mol. The van der Waals surface area contributed by atoms with E-state index in [9.17, 15) is 14.4 Å². The number of nitrogens with zero attached hydrogens (tertiary/aromatic N) is 3. The number of fused-ring (bicyclic) bond motifs is 4. The van der Waals surface area contributed by atoms with Crippen molar-refractivity contribution >= 4 is 34.4 Å². The van der Waals surface area contributed by atoms with Gasteiger partial charge in [-0.1, -0.05) is 24.3 Å². The lowest BCUT2D eigenvalue weighted by Gasteiger charge is -2.48. The van der Waals surface area contributed by atoms with E-state index in [0.717, 1.165) is 11.0 Å². The second-order valence-electron chi connectivity index (χ2n) is 8.28. The van der Waals surface area contributed by atoms with Crippen LogP contribution < -0.4 is 10.2 Å². The Balaban J connectivity index is 1.39. The molecule has 0 unspecified atom stereocenters. The van der Waals surface area contributed by atoms with Crippen molar-refractivity contribution in [1.82, 2.24) is 20.2 Å². The van der Waals surface area contributed by atoms with Crippen LogP contribution in [0.4, 0.5) is 5.69 Å². The average Bonchev–Trinajstić information content (AvgIpc) is 3.33. The van der Waals surface area contributed by atoms with Crippen LogP contribution in [0.3, 0.4) is 0 Å². The largest absolute Gasteiger partial charge is 0.345 e. The molecule has 3 amide bonds. The molecule has 2 atom stereocenters. The molecule has 31 heavy (non-hydrogen) atoms. The molecule has 2 aliphatic rings. The van der Waals surface area contributed by atoms with E-state index in [0.29, 0.717) is 29.9 Å². The monoisotopic (exact) mass is 417 g/mol. The second-order valence-corrected chi connectivity index (χ2v) is 8.28. The number of hydrogen-bond donors (Lipinski definition) is 2. The van der Waals surface area contributed by atoms with Gasteiger partial charge >= 0.3 is 0 Å². The summed E-state index contributed by atoms with van der Waals surface area (Å²) in [4.78, 5) is 49.8. The lowest BCUT2D eigenvalue weighted by molar-refractivity contribution is -0.124. The third-order valence-electron chi connectivity index (χ3n) is 6.24. The Kier molecular flexibility index (Phi) is 4.32. The molecule has 0 radical (unpaired) electrons. The number of carbonyl (C=O) groups excluding carboxylic acids is 3. The van der Waals surface area contributed by atoms with E-state index < -0.39 is 5.66 Å². The van der Waals surface area contributed by atoms with Gasteiger partial charge in [0.25, 0.3) is 5.91 Å². The van der Waals surface area contributed by atoms with Gasteiger partial charge in [-0.3, -0.25) is 19.3 Å². The number of benzene rings is 2. The summed E-state index contributed by atoms with van der Waals surface area (Å²) in [5.41, 5.74) is 1.92. The zero-order valence-electron chi connectivity index (χ0n) is 17.4. The van der Waals surface area contributed by atoms with Crippen LogP contribution in [0.5, 0.6) is 0 Å². The minimum Gasteiger partial charge on any atom is -0.345 e. The lowest BCUT2D eigenvalue weighted by Crippen LogP contribution is -2.63. The number of carbonyl (C=O) groups is 3. The van der Waals surface area contributed by atoms with Crippen molar-refractivity contribution in [1.29, 1.82) is 0 Å². The topological polar surface area (TPSA) is 98.4 Å². The number of aromatic amines is 1. The maximum Gasteiger partial charge on any atom is 0.258 e. The first-order valence-corrected chi connectivity index (χ1v) is 10.4. The van der Waals surface area contributed by atoms with Crippen molar-refractivity contribution in [2.24, 2.45) is 0 Å². The normalized spacial score (nSPS) is 21.2. The molecule has 3 aromatic rings. The van der Waals surface area contributed by atoms with Gasteiger partial charge in [0.05, 0.1) is 28.3 Å². The molecule has 0 aliphatic carbocycles. The average molecular weight is 417 g/mol. The number of aromatic nitrogens is 2. The van der Waals surface area contributed by atoms with E-state index in [4.69, 9.17) is 0 Å². The summed E-state index contributed by atoms with van der Waals surface area (Å²) in [7, 11) is 0. The Morgan fingerprint density at radius 1 is 1.19 bits per heavy atom. The van der Waals surface area contributed by atoms with Gasteiger partial charge in [0.2, 0.25) is 11.8 Å². The van der Waals surface area contributed by atoms with Crippen LogP contribution in [0, 0.1) is 0 Å². The fourth-order valence-corrected chi connectivity index (χ4v) is 4.62. The summed E-state index contributed by atoms with van der Waals surface area (Å²) < 4.78 is 0. The van der Waals surface area contributed by atoms with Gasteiger partial charge in [-0.15, -0.1) is 0 Å². The predicted octanol–water partition coefficient (Wildman–Crippen LogP) is 2.74. The van der Waals surface area contributed by atoms with Gasteiger partial charge in [-0.25, -0.2) is 4.98 Å². The molecule has 0 saturated carbocycles. The van der Waals surface area contributed by atoms with Crippen LogP contribution in [-0.4, -0.2) is 44.8 Å². The van der Waals surface area contributed by atoms with Gasteiger partial charge < -0.3 is 15.2 Å². The van der Waals surface area contributed by atoms with Gasteiger partial charge in [0.15, 0.2) is 0 Å². The maximum absolute atomic E-state index is 13.3. The number of rotatable bonds is 4. The van der Waals surface area contributed by atoms with Crippen LogP contribution in [0.25, 0.3) is 11.0 Å². The molecule has 3 heterocycles. The number of nitrogens with one attached hydrogen (secondary N) is 2. The van der Waals surface area contributed by atoms with Crippen molar-refractivity contribution in [2.75, 3.05) is 11.4 Å². The summed E-state index contributed by atoms with van der Waals surface area (Å²) in [5.74, 6) is 0.0639. The summed E-state index contributed by atoms with van der Waals surface area (Å²) in [6, 6.07) is 14.4. The molecule has 0 spiro atoms. The SMILES string of the molecule is C[C@H](NC(=O)CN1C(=O)c2ccccc2N2C(=O)CC[C@]12C)c1nc2ccccc2[nH]1. The van der Waals surface area contributed by atoms with Crippen LogP contribution in [0.15, 0.2) is 48.5 Å². The van der Waals surface area contributed by atoms with Crippen molar-refractivity contribution in [3.05, 3.63) is 59.9 Å². The Morgan fingerprint density at radius 3 is 2.74 bits per heavy atom. The van der Waals surface area contributed by atoms with E-state index in [2.05, 4.69) is 15.3 Å². The molecule has 158 valence electrons. The third-order valence-corrected chi connectivity index (χ3v) is 6.24. The molecule has 1 fully saturated rings. The summed E-state index contributed by atoms with van der Waals surface area (Å²) >= 11 is 0. The van der Waals surface area contributed by atoms with E-state index in [1.165, 1.54) is 4.90 Å². The van der Waals surface area contributed by atoms with Gasteiger partial charge in [-0.2, -0.15) is 0 Å². The molecule has 0 bridgehead atoms. The Morgan fingerprint density at radius 2 is 1.94 bits per heavy atom. The lowest BCUT2D eigenvalue weighted by atomic mass is 9.98. The minimum atomic E-state index is -0.859. The molecule has 8 nitrogen and oxygen atoms in total. The Hall–Kier alpha value is -3.68. The van der Waals surface area contributed by atoms with E-state index >= 15 is 0 Å². The number of imidazole rings is 1.